The molecule has 0 aliphatic heterocycles. The Labute approximate surface area is 124 Å². The van der Waals surface area contributed by atoms with Gasteiger partial charge in [-0.05, 0) is 37.4 Å². The van der Waals surface area contributed by atoms with Gasteiger partial charge in [-0.1, -0.05) is 24.9 Å². The molecule has 0 heterocycles. The van der Waals surface area contributed by atoms with Crippen LogP contribution in [0.1, 0.15) is 31.7 Å². The number of nitrogens with zero attached hydrogens (tertiary/aromatic N) is 1. The highest BCUT2D eigenvalue weighted by atomic mass is 35.5. The topological polar surface area (TPSA) is 75.4 Å². The molecule has 2 N–H and O–H groups in total. The number of halogens is 1. The van der Waals surface area contributed by atoms with E-state index in [1.165, 1.54) is 12.1 Å². The Morgan fingerprint density at radius 1 is 1.45 bits per heavy atom. The number of nitrogens with one attached hydrogen (secondary N) is 1. The number of nitro benzene ring substituents is 1. The smallest absolute Gasteiger partial charge is 0.273 e. The van der Waals surface area contributed by atoms with E-state index < -0.39 is 4.92 Å². The second-order valence-corrected chi connectivity index (χ2v) is 5.26. The Kier molecular flexibility index (Phi) is 7.51. The lowest BCUT2D eigenvalue weighted by atomic mass is 10.00. The van der Waals surface area contributed by atoms with E-state index in [1.54, 1.807) is 6.07 Å². The molecule has 112 valence electrons. The monoisotopic (exact) mass is 300 g/mol. The summed E-state index contributed by atoms with van der Waals surface area (Å²) in [4.78, 5) is 10.5. The SMILES string of the molecule is CCCC(CCO)CNCc1cc(Cl)ccc1[N+](=O)[O-]. The lowest BCUT2D eigenvalue weighted by Gasteiger charge is -2.15. The van der Waals surface area contributed by atoms with Crippen molar-refractivity contribution in [2.75, 3.05) is 13.2 Å². The summed E-state index contributed by atoms with van der Waals surface area (Å²) in [5.41, 5.74) is 0.665. The minimum Gasteiger partial charge on any atom is -0.396 e. The normalized spacial score (nSPS) is 12.3. The molecule has 6 heteroatoms. The molecule has 20 heavy (non-hydrogen) atoms. The minimum absolute atomic E-state index is 0.0797. The van der Waals surface area contributed by atoms with Gasteiger partial charge in [0.15, 0.2) is 0 Å². The summed E-state index contributed by atoms with van der Waals surface area (Å²) in [5, 5.41) is 23.6. The number of benzene rings is 1. The van der Waals surface area contributed by atoms with Crippen molar-refractivity contribution in [3.05, 3.63) is 38.9 Å². The van der Waals surface area contributed by atoms with Gasteiger partial charge in [0.2, 0.25) is 0 Å². The van der Waals surface area contributed by atoms with E-state index in [0.717, 1.165) is 25.8 Å². The molecule has 0 aromatic heterocycles. The van der Waals surface area contributed by atoms with Crippen LogP contribution in [-0.2, 0) is 6.54 Å². The molecule has 5 nitrogen and oxygen atoms in total. The van der Waals surface area contributed by atoms with E-state index in [2.05, 4.69) is 12.2 Å². The Balaban J connectivity index is 2.60. The third-order valence-electron chi connectivity index (χ3n) is 3.22. The highest BCUT2D eigenvalue weighted by molar-refractivity contribution is 6.30. The van der Waals surface area contributed by atoms with Gasteiger partial charge in [0, 0.05) is 29.8 Å². The molecule has 1 atom stereocenters. The summed E-state index contributed by atoms with van der Waals surface area (Å²) in [6, 6.07) is 4.57. The van der Waals surface area contributed by atoms with Crippen LogP contribution in [0, 0.1) is 16.0 Å². The lowest BCUT2D eigenvalue weighted by Crippen LogP contribution is -2.23. The Morgan fingerprint density at radius 2 is 2.20 bits per heavy atom. The summed E-state index contributed by atoms with van der Waals surface area (Å²) in [7, 11) is 0. The van der Waals surface area contributed by atoms with Crippen molar-refractivity contribution in [2.24, 2.45) is 5.92 Å². The molecule has 1 unspecified atom stereocenters. The fourth-order valence-electron chi connectivity index (χ4n) is 2.22. The van der Waals surface area contributed by atoms with Crippen LogP contribution in [-0.4, -0.2) is 23.2 Å². The van der Waals surface area contributed by atoms with Crippen LogP contribution in [0.4, 0.5) is 5.69 Å². The average Bonchev–Trinajstić information content (AvgIpc) is 2.39. The van der Waals surface area contributed by atoms with E-state index in [4.69, 9.17) is 16.7 Å². The number of aliphatic hydroxyl groups is 1. The highest BCUT2D eigenvalue weighted by Crippen LogP contribution is 2.22. The quantitative estimate of drug-likeness (QED) is 0.542. The molecule has 0 bridgehead atoms. The Bertz CT molecular complexity index is 434. The summed E-state index contributed by atoms with van der Waals surface area (Å²) in [5.74, 6) is 0.392. The fourth-order valence-corrected chi connectivity index (χ4v) is 2.42. The lowest BCUT2D eigenvalue weighted by molar-refractivity contribution is -0.385. The fraction of sp³-hybridized carbons (Fsp3) is 0.571. The van der Waals surface area contributed by atoms with Crippen LogP contribution in [0.15, 0.2) is 18.2 Å². The number of nitro groups is 1. The average molecular weight is 301 g/mol. The zero-order valence-electron chi connectivity index (χ0n) is 11.6. The van der Waals surface area contributed by atoms with Crippen LogP contribution >= 0.6 is 11.6 Å². The van der Waals surface area contributed by atoms with Crippen molar-refractivity contribution in [3.63, 3.8) is 0 Å². The molecule has 1 aromatic carbocycles. The van der Waals surface area contributed by atoms with Gasteiger partial charge in [-0.3, -0.25) is 10.1 Å². The standard InChI is InChI=1S/C14H21ClN2O3/c1-2-3-11(6-7-18)9-16-10-12-8-13(15)4-5-14(12)17(19)20/h4-5,8,11,16,18H,2-3,6-7,9-10H2,1H3. The second kappa shape index (κ2) is 8.89. The molecule has 0 spiro atoms. The first-order valence-electron chi connectivity index (χ1n) is 6.82. The van der Waals surface area contributed by atoms with Gasteiger partial charge in [0.25, 0.3) is 5.69 Å². The zero-order valence-corrected chi connectivity index (χ0v) is 12.4. The number of hydrogen-bond donors (Lipinski definition) is 2. The molecule has 1 rings (SSSR count). The molecule has 0 amide bonds. The molecular weight excluding hydrogens is 280 g/mol. The molecule has 0 radical (unpaired) electrons. The third kappa shape index (κ3) is 5.45. The minimum atomic E-state index is -0.398. The highest BCUT2D eigenvalue weighted by Gasteiger charge is 2.14. The summed E-state index contributed by atoms with van der Waals surface area (Å²) in [6.45, 7) is 3.41. The number of rotatable bonds is 9. The predicted molar refractivity (Wildman–Crippen MR) is 79.9 cm³/mol. The molecule has 0 fully saturated rings. The van der Waals surface area contributed by atoms with Gasteiger partial charge < -0.3 is 10.4 Å². The van der Waals surface area contributed by atoms with E-state index >= 15 is 0 Å². The van der Waals surface area contributed by atoms with Crippen LogP contribution < -0.4 is 5.32 Å². The molecule has 0 saturated heterocycles. The second-order valence-electron chi connectivity index (χ2n) is 4.83. The predicted octanol–water partition coefficient (Wildman–Crippen LogP) is 3.14. The first-order chi connectivity index (χ1) is 9.58. The van der Waals surface area contributed by atoms with Gasteiger partial charge in [0.05, 0.1) is 4.92 Å². The zero-order chi connectivity index (χ0) is 15.0. The van der Waals surface area contributed by atoms with Crippen molar-refractivity contribution < 1.29 is 10.0 Å². The first kappa shape index (κ1) is 16.9. The largest absolute Gasteiger partial charge is 0.396 e. The van der Waals surface area contributed by atoms with Gasteiger partial charge in [-0.15, -0.1) is 0 Å². The van der Waals surface area contributed by atoms with E-state index in [9.17, 15) is 10.1 Å². The number of hydrogen-bond acceptors (Lipinski definition) is 4. The maximum Gasteiger partial charge on any atom is 0.273 e. The summed E-state index contributed by atoms with van der Waals surface area (Å²) in [6.07, 6.45) is 2.84. The summed E-state index contributed by atoms with van der Waals surface area (Å²) >= 11 is 5.88. The van der Waals surface area contributed by atoms with Crippen molar-refractivity contribution in [2.45, 2.75) is 32.7 Å². The Hall–Kier alpha value is -1.17. The van der Waals surface area contributed by atoms with E-state index in [-0.39, 0.29) is 12.3 Å². The molecule has 0 aliphatic carbocycles. The molecule has 1 aromatic rings. The number of aliphatic hydroxyl groups excluding tert-OH is 1. The molecule has 0 aliphatic rings. The van der Waals surface area contributed by atoms with Gasteiger partial charge >= 0.3 is 0 Å². The van der Waals surface area contributed by atoms with E-state index in [0.29, 0.717) is 23.0 Å². The van der Waals surface area contributed by atoms with Crippen LogP contribution in [0.2, 0.25) is 5.02 Å². The van der Waals surface area contributed by atoms with Crippen molar-refractivity contribution in [3.8, 4) is 0 Å². The maximum atomic E-state index is 10.9. The van der Waals surface area contributed by atoms with Crippen molar-refractivity contribution in [1.82, 2.24) is 5.32 Å². The molecule has 0 saturated carbocycles. The van der Waals surface area contributed by atoms with Gasteiger partial charge in [-0.2, -0.15) is 0 Å². The van der Waals surface area contributed by atoms with Crippen molar-refractivity contribution >= 4 is 17.3 Å². The van der Waals surface area contributed by atoms with Crippen LogP contribution in [0.25, 0.3) is 0 Å². The summed E-state index contributed by atoms with van der Waals surface area (Å²) < 4.78 is 0. The third-order valence-corrected chi connectivity index (χ3v) is 3.46. The van der Waals surface area contributed by atoms with E-state index in [1.807, 2.05) is 0 Å². The molecular formula is C14H21ClN2O3. The maximum absolute atomic E-state index is 10.9. The van der Waals surface area contributed by atoms with Crippen LogP contribution in [0.5, 0.6) is 0 Å². The van der Waals surface area contributed by atoms with Gasteiger partial charge in [-0.25, -0.2) is 0 Å². The van der Waals surface area contributed by atoms with Gasteiger partial charge in [0.1, 0.15) is 0 Å². The van der Waals surface area contributed by atoms with Crippen LogP contribution in [0.3, 0.4) is 0 Å². The Morgan fingerprint density at radius 3 is 2.80 bits per heavy atom. The first-order valence-corrected chi connectivity index (χ1v) is 7.20. The van der Waals surface area contributed by atoms with Crippen molar-refractivity contribution in [1.29, 1.82) is 0 Å².